The summed E-state index contributed by atoms with van der Waals surface area (Å²) in [6, 6.07) is 12.4. The van der Waals surface area contributed by atoms with E-state index in [1.54, 1.807) is 6.07 Å². The number of aromatic nitrogens is 1. The van der Waals surface area contributed by atoms with Crippen molar-refractivity contribution in [3.8, 4) is 11.5 Å². The van der Waals surface area contributed by atoms with Crippen molar-refractivity contribution < 1.29 is 10.2 Å². The van der Waals surface area contributed by atoms with Crippen molar-refractivity contribution in [1.82, 2.24) is 4.98 Å². The second-order valence-electron chi connectivity index (χ2n) is 3.82. The largest absolute Gasteiger partial charge is 0.504 e. The molecule has 3 aromatic rings. The highest BCUT2D eigenvalue weighted by Gasteiger charge is 2.05. The van der Waals surface area contributed by atoms with Gasteiger partial charge in [0.2, 0.25) is 0 Å². The molecule has 2 aromatic carbocycles. The SMILES string of the molecule is Oc1ccc(Nc2nc3ccccc3s2)cc1O. The highest BCUT2D eigenvalue weighted by atomic mass is 32.1. The Labute approximate surface area is 107 Å². The second kappa shape index (κ2) is 4.19. The third kappa shape index (κ3) is 1.96. The van der Waals surface area contributed by atoms with Crippen molar-refractivity contribution >= 4 is 32.4 Å². The van der Waals surface area contributed by atoms with Gasteiger partial charge in [0.1, 0.15) is 0 Å². The molecule has 0 amide bonds. The van der Waals surface area contributed by atoms with Gasteiger partial charge >= 0.3 is 0 Å². The molecule has 0 saturated heterocycles. The fourth-order valence-corrected chi connectivity index (χ4v) is 2.54. The summed E-state index contributed by atoms with van der Waals surface area (Å²) < 4.78 is 1.10. The number of aromatic hydroxyl groups is 2. The van der Waals surface area contributed by atoms with E-state index in [9.17, 15) is 10.2 Å². The van der Waals surface area contributed by atoms with Crippen molar-refractivity contribution in [2.75, 3.05) is 5.32 Å². The summed E-state index contributed by atoms with van der Waals surface area (Å²) in [6.45, 7) is 0. The van der Waals surface area contributed by atoms with Crippen molar-refractivity contribution in [2.45, 2.75) is 0 Å². The Balaban J connectivity index is 1.93. The van der Waals surface area contributed by atoms with E-state index < -0.39 is 0 Å². The number of anilines is 2. The Morgan fingerprint density at radius 3 is 2.61 bits per heavy atom. The van der Waals surface area contributed by atoms with Crippen LogP contribution in [0.2, 0.25) is 0 Å². The molecule has 1 heterocycles. The lowest BCUT2D eigenvalue weighted by atomic mass is 10.3. The minimum atomic E-state index is -0.152. The molecule has 0 unspecified atom stereocenters. The summed E-state index contributed by atoms with van der Waals surface area (Å²) in [5, 5.41) is 22.5. The van der Waals surface area contributed by atoms with Gasteiger partial charge in [-0.2, -0.15) is 0 Å². The first kappa shape index (κ1) is 10.9. The number of thiazole rings is 1. The predicted octanol–water partition coefficient (Wildman–Crippen LogP) is 3.45. The van der Waals surface area contributed by atoms with Gasteiger partial charge in [-0.15, -0.1) is 0 Å². The fraction of sp³-hybridized carbons (Fsp3) is 0. The number of nitrogens with one attached hydrogen (secondary N) is 1. The van der Waals surface area contributed by atoms with Crippen LogP contribution >= 0.6 is 11.3 Å². The van der Waals surface area contributed by atoms with Crippen LogP contribution in [0.25, 0.3) is 10.2 Å². The number of rotatable bonds is 2. The number of phenols is 2. The molecule has 90 valence electrons. The van der Waals surface area contributed by atoms with Gasteiger partial charge in [-0.3, -0.25) is 0 Å². The standard InChI is InChI=1S/C13H10N2O2S/c16-10-6-5-8(7-11(10)17)14-13-15-9-3-1-2-4-12(9)18-13/h1-7,16-17H,(H,14,15). The summed E-state index contributed by atoms with van der Waals surface area (Å²) in [7, 11) is 0. The Morgan fingerprint density at radius 2 is 1.83 bits per heavy atom. The molecule has 4 nitrogen and oxygen atoms in total. The molecule has 5 heteroatoms. The lowest BCUT2D eigenvalue weighted by Crippen LogP contribution is -1.88. The molecule has 0 saturated carbocycles. The van der Waals surface area contributed by atoms with Gasteiger partial charge in [0.05, 0.1) is 10.2 Å². The zero-order valence-corrected chi connectivity index (χ0v) is 10.1. The molecule has 3 rings (SSSR count). The van der Waals surface area contributed by atoms with Crippen LogP contribution in [0.1, 0.15) is 0 Å². The third-order valence-corrected chi connectivity index (χ3v) is 3.47. The van der Waals surface area contributed by atoms with E-state index in [-0.39, 0.29) is 11.5 Å². The maximum absolute atomic E-state index is 9.41. The Bertz CT molecular complexity index is 676. The van der Waals surface area contributed by atoms with Gasteiger partial charge in [-0.1, -0.05) is 23.5 Å². The lowest BCUT2D eigenvalue weighted by Gasteiger charge is -2.03. The summed E-state index contributed by atoms with van der Waals surface area (Å²) in [5.41, 5.74) is 1.62. The molecule has 0 bridgehead atoms. The number of hydrogen-bond donors (Lipinski definition) is 3. The molecule has 0 radical (unpaired) electrons. The van der Waals surface area contributed by atoms with E-state index in [0.29, 0.717) is 5.69 Å². The van der Waals surface area contributed by atoms with Crippen LogP contribution in [-0.2, 0) is 0 Å². The smallest absolute Gasteiger partial charge is 0.188 e. The summed E-state index contributed by atoms with van der Waals surface area (Å²) in [5.74, 6) is -0.286. The molecule has 18 heavy (non-hydrogen) atoms. The Hall–Kier alpha value is -2.27. The van der Waals surface area contributed by atoms with Gasteiger partial charge in [0, 0.05) is 11.8 Å². The van der Waals surface area contributed by atoms with E-state index in [1.807, 2.05) is 24.3 Å². The Kier molecular flexibility index (Phi) is 2.53. The molecule has 0 atom stereocenters. The molecule has 0 aliphatic rings. The van der Waals surface area contributed by atoms with E-state index in [0.717, 1.165) is 15.3 Å². The second-order valence-corrected chi connectivity index (χ2v) is 4.85. The van der Waals surface area contributed by atoms with E-state index in [4.69, 9.17) is 0 Å². The number of hydrogen-bond acceptors (Lipinski definition) is 5. The molecule has 0 aliphatic carbocycles. The lowest BCUT2D eigenvalue weighted by molar-refractivity contribution is 0.404. The van der Waals surface area contributed by atoms with Gasteiger partial charge in [-0.25, -0.2) is 4.98 Å². The molecule has 0 spiro atoms. The normalized spacial score (nSPS) is 10.7. The number of nitrogens with zero attached hydrogens (tertiary/aromatic N) is 1. The maximum Gasteiger partial charge on any atom is 0.188 e. The summed E-state index contributed by atoms with van der Waals surface area (Å²) in [4.78, 5) is 4.42. The average molecular weight is 258 g/mol. The zero-order valence-electron chi connectivity index (χ0n) is 9.29. The highest BCUT2D eigenvalue weighted by Crippen LogP contribution is 2.31. The number of para-hydroxylation sites is 1. The van der Waals surface area contributed by atoms with Gasteiger partial charge in [0.15, 0.2) is 16.6 Å². The number of benzene rings is 2. The quantitative estimate of drug-likeness (QED) is 0.486. The van der Waals surface area contributed by atoms with E-state index in [2.05, 4.69) is 10.3 Å². The first-order chi connectivity index (χ1) is 8.72. The highest BCUT2D eigenvalue weighted by molar-refractivity contribution is 7.22. The third-order valence-electron chi connectivity index (χ3n) is 2.52. The van der Waals surface area contributed by atoms with Crippen molar-refractivity contribution in [3.05, 3.63) is 42.5 Å². The summed E-state index contributed by atoms with van der Waals surface area (Å²) in [6.07, 6.45) is 0. The van der Waals surface area contributed by atoms with Crippen molar-refractivity contribution in [3.63, 3.8) is 0 Å². The molecular formula is C13H10N2O2S. The molecule has 3 N–H and O–H groups in total. The fourth-order valence-electron chi connectivity index (χ4n) is 1.65. The van der Waals surface area contributed by atoms with Gasteiger partial charge in [0.25, 0.3) is 0 Å². The predicted molar refractivity (Wildman–Crippen MR) is 72.7 cm³/mol. The molecule has 1 aromatic heterocycles. The minimum absolute atomic E-state index is 0.134. The minimum Gasteiger partial charge on any atom is -0.504 e. The van der Waals surface area contributed by atoms with Crippen LogP contribution in [-0.4, -0.2) is 15.2 Å². The van der Waals surface area contributed by atoms with Crippen LogP contribution in [0.15, 0.2) is 42.5 Å². The summed E-state index contributed by atoms with van der Waals surface area (Å²) >= 11 is 1.54. The van der Waals surface area contributed by atoms with Crippen LogP contribution in [0.4, 0.5) is 10.8 Å². The van der Waals surface area contributed by atoms with E-state index >= 15 is 0 Å². The van der Waals surface area contributed by atoms with Gasteiger partial charge < -0.3 is 15.5 Å². The Morgan fingerprint density at radius 1 is 1.00 bits per heavy atom. The van der Waals surface area contributed by atoms with Crippen LogP contribution in [0, 0.1) is 0 Å². The molecular weight excluding hydrogens is 248 g/mol. The first-order valence-corrected chi connectivity index (χ1v) is 6.18. The molecule has 0 aliphatic heterocycles. The van der Waals surface area contributed by atoms with Crippen LogP contribution in [0.3, 0.4) is 0 Å². The molecule has 0 fully saturated rings. The monoisotopic (exact) mass is 258 g/mol. The van der Waals surface area contributed by atoms with Crippen molar-refractivity contribution in [1.29, 1.82) is 0 Å². The van der Waals surface area contributed by atoms with E-state index in [1.165, 1.54) is 23.5 Å². The number of fused-ring (bicyclic) bond motifs is 1. The van der Waals surface area contributed by atoms with Crippen LogP contribution in [0.5, 0.6) is 11.5 Å². The average Bonchev–Trinajstić information content (AvgIpc) is 2.76. The maximum atomic E-state index is 9.41. The number of phenolic OH excluding ortho intramolecular Hbond substituents is 2. The zero-order chi connectivity index (χ0) is 12.5. The van der Waals surface area contributed by atoms with Gasteiger partial charge in [-0.05, 0) is 24.3 Å². The van der Waals surface area contributed by atoms with Crippen molar-refractivity contribution in [2.24, 2.45) is 0 Å². The topological polar surface area (TPSA) is 65.4 Å². The van der Waals surface area contributed by atoms with Crippen LogP contribution < -0.4 is 5.32 Å². The first-order valence-electron chi connectivity index (χ1n) is 5.37.